The van der Waals surface area contributed by atoms with Gasteiger partial charge in [0, 0.05) is 12.1 Å². The summed E-state index contributed by atoms with van der Waals surface area (Å²) >= 11 is 0. The van der Waals surface area contributed by atoms with E-state index in [1.807, 2.05) is 6.07 Å². The highest BCUT2D eigenvalue weighted by Crippen LogP contribution is 2.18. The fraction of sp³-hybridized carbons (Fsp3) is 0.278. The van der Waals surface area contributed by atoms with E-state index in [0.29, 0.717) is 12.1 Å². The van der Waals surface area contributed by atoms with Crippen molar-refractivity contribution in [3.8, 4) is 0 Å². The molecule has 0 N–H and O–H groups in total. The first-order chi connectivity index (χ1) is 10.2. The average Bonchev–Trinajstić information content (AvgIpc) is 2.69. The molecule has 3 rings (SSSR count). The topological polar surface area (TPSA) is 20.3 Å². The summed E-state index contributed by atoms with van der Waals surface area (Å²) in [4.78, 5) is 14.5. The summed E-state index contributed by atoms with van der Waals surface area (Å²) in [7, 11) is 0. The maximum Gasteiger partial charge on any atom is 0.176 e. The minimum absolute atomic E-state index is 0.0504. The van der Waals surface area contributed by atoms with Crippen LogP contribution in [0.25, 0.3) is 0 Å². The lowest BCUT2D eigenvalue weighted by Gasteiger charge is -2.19. The van der Waals surface area contributed by atoms with Gasteiger partial charge in [-0.1, -0.05) is 24.3 Å². The zero-order chi connectivity index (χ0) is 14.7. The largest absolute Gasteiger partial charge is 0.293 e. The second kappa shape index (κ2) is 6.19. The van der Waals surface area contributed by atoms with E-state index in [9.17, 15) is 9.18 Å². The van der Waals surface area contributed by atoms with Crippen LogP contribution >= 0.6 is 0 Å². The lowest BCUT2D eigenvalue weighted by atomic mass is 10.0. The smallest absolute Gasteiger partial charge is 0.176 e. The molecule has 0 aliphatic carbocycles. The predicted octanol–water partition coefficient (Wildman–Crippen LogP) is 3.46. The highest BCUT2D eigenvalue weighted by Gasteiger charge is 2.17. The van der Waals surface area contributed by atoms with Crippen molar-refractivity contribution in [1.82, 2.24) is 4.90 Å². The van der Waals surface area contributed by atoms with Crippen LogP contribution < -0.4 is 0 Å². The van der Waals surface area contributed by atoms with E-state index in [4.69, 9.17) is 0 Å². The number of aryl methyl sites for hydroxylation is 1. The van der Waals surface area contributed by atoms with Crippen molar-refractivity contribution >= 4 is 5.78 Å². The minimum atomic E-state index is -0.310. The Labute approximate surface area is 124 Å². The van der Waals surface area contributed by atoms with E-state index in [1.165, 1.54) is 23.3 Å². The lowest BCUT2D eigenvalue weighted by Crippen LogP contribution is -2.29. The van der Waals surface area contributed by atoms with Crippen LogP contribution in [0.2, 0.25) is 0 Å². The highest BCUT2D eigenvalue weighted by atomic mass is 19.1. The molecule has 1 aliphatic rings. The minimum Gasteiger partial charge on any atom is -0.293 e. The van der Waals surface area contributed by atoms with Gasteiger partial charge in [0.2, 0.25) is 0 Å². The number of benzene rings is 2. The van der Waals surface area contributed by atoms with Crippen LogP contribution in [0.5, 0.6) is 0 Å². The molecular weight excluding hydrogens is 265 g/mol. The van der Waals surface area contributed by atoms with E-state index in [0.717, 1.165) is 25.9 Å². The maximum absolute atomic E-state index is 12.9. The summed E-state index contributed by atoms with van der Waals surface area (Å²) in [6, 6.07) is 14.2. The van der Waals surface area contributed by atoms with Crippen molar-refractivity contribution in [2.75, 3.05) is 13.1 Å². The van der Waals surface area contributed by atoms with E-state index in [-0.39, 0.29) is 11.6 Å². The van der Waals surface area contributed by atoms with Crippen molar-refractivity contribution in [3.63, 3.8) is 0 Å². The molecule has 2 aromatic carbocycles. The SMILES string of the molecule is O=C(CN1CCCc2ccccc2C1)c1ccc(F)cc1. The molecule has 21 heavy (non-hydrogen) atoms. The lowest BCUT2D eigenvalue weighted by molar-refractivity contribution is 0.0926. The number of hydrogen-bond donors (Lipinski definition) is 0. The van der Waals surface area contributed by atoms with Gasteiger partial charge in [0.25, 0.3) is 0 Å². The third-order valence-corrected chi connectivity index (χ3v) is 3.97. The summed E-state index contributed by atoms with van der Waals surface area (Å²) in [5.41, 5.74) is 3.27. The number of halogens is 1. The van der Waals surface area contributed by atoms with Gasteiger partial charge < -0.3 is 0 Å². The van der Waals surface area contributed by atoms with Crippen LogP contribution in [0.15, 0.2) is 48.5 Å². The summed E-state index contributed by atoms with van der Waals surface area (Å²) in [5, 5.41) is 0. The molecule has 0 atom stereocenters. The Kier molecular flexibility index (Phi) is 4.11. The third-order valence-electron chi connectivity index (χ3n) is 3.97. The molecule has 0 spiro atoms. The number of nitrogens with zero attached hydrogens (tertiary/aromatic N) is 1. The first kappa shape index (κ1) is 14.0. The van der Waals surface area contributed by atoms with Gasteiger partial charge in [-0.3, -0.25) is 9.69 Å². The number of carbonyl (C=O) groups excluding carboxylic acids is 1. The number of carbonyl (C=O) groups is 1. The molecule has 0 radical (unpaired) electrons. The Morgan fingerprint density at radius 3 is 2.52 bits per heavy atom. The Morgan fingerprint density at radius 1 is 1.05 bits per heavy atom. The van der Waals surface area contributed by atoms with Crippen LogP contribution in [-0.4, -0.2) is 23.8 Å². The van der Waals surface area contributed by atoms with Gasteiger partial charge in [-0.25, -0.2) is 4.39 Å². The molecule has 0 aromatic heterocycles. The average molecular weight is 283 g/mol. The summed E-state index contributed by atoms with van der Waals surface area (Å²) in [6.45, 7) is 2.12. The fourth-order valence-electron chi connectivity index (χ4n) is 2.83. The Morgan fingerprint density at radius 2 is 1.76 bits per heavy atom. The van der Waals surface area contributed by atoms with Gasteiger partial charge in [-0.2, -0.15) is 0 Å². The van der Waals surface area contributed by atoms with E-state index in [2.05, 4.69) is 23.1 Å². The van der Waals surface area contributed by atoms with E-state index >= 15 is 0 Å². The second-order valence-electron chi connectivity index (χ2n) is 5.51. The van der Waals surface area contributed by atoms with Gasteiger partial charge in [-0.05, 0) is 54.8 Å². The molecule has 108 valence electrons. The summed E-state index contributed by atoms with van der Waals surface area (Å²) < 4.78 is 12.9. The quantitative estimate of drug-likeness (QED) is 0.804. The molecule has 1 heterocycles. The highest BCUT2D eigenvalue weighted by molar-refractivity contribution is 5.97. The molecular formula is C18H18FNO. The van der Waals surface area contributed by atoms with Crippen molar-refractivity contribution in [1.29, 1.82) is 0 Å². The van der Waals surface area contributed by atoms with Crippen LogP contribution in [0.1, 0.15) is 27.9 Å². The van der Waals surface area contributed by atoms with Crippen LogP contribution in [0.3, 0.4) is 0 Å². The zero-order valence-corrected chi connectivity index (χ0v) is 11.9. The molecule has 0 amide bonds. The van der Waals surface area contributed by atoms with Crippen molar-refractivity contribution in [2.45, 2.75) is 19.4 Å². The molecule has 0 fully saturated rings. The molecule has 3 heteroatoms. The van der Waals surface area contributed by atoms with Crippen molar-refractivity contribution in [3.05, 3.63) is 71.0 Å². The molecule has 1 aliphatic heterocycles. The zero-order valence-electron chi connectivity index (χ0n) is 11.9. The molecule has 0 bridgehead atoms. The van der Waals surface area contributed by atoms with Crippen molar-refractivity contribution in [2.24, 2.45) is 0 Å². The molecule has 0 saturated heterocycles. The standard InChI is InChI=1S/C18H18FNO/c19-17-9-7-15(8-10-17)18(21)13-20-11-3-6-14-4-1-2-5-16(14)12-20/h1-2,4-5,7-10H,3,6,11-13H2. The van der Waals surface area contributed by atoms with Gasteiger partial charge in [-0.15, -0.1) is 0 Å². The third kappa shape index (κ3) is 3.37. The van der Waals surface area contributed by atoms with Gasteiger partial charge >= 0.3 is 0 Å². The molecule has 2 aromatic rings. The first-order valence-corrected chi connectivity index (χ1v) is 7.30. The first-order valence-electron chi connectivity index (χ1n) is 7.30. The van der Waals surface area contributed by atoms with Gasteiger partial charge in [0.05, 0.1) is 6.54 Å². The maximum atomic E-state index is 12.9. The Balaban J connectivity index is 1.70. The number of Topliss-reactive ketones (excluding diaryl/α,β-unsaturated/α-hetero) is 1. The summed E-state index contributed by atoms with van der Waals surface area (Å²) in [6.07, 6.45) is 2.13. The Hall–Kier alpha value is -2.00. The second-order valence-corrected chi connectivity index (χ2v) is 5.51. The van der Waals surface area contributed by atoms with Crippen LogP contribution in [0, 0.1) is 5.82 Å². The fourth-order valence-corrected chi connectivity index (χ4v) is 2.83. The molecule has 0 saturated carbocycles. The normalized spacial score (nSPS) is 15.3. The summed E-state index contributed by atoms with van der Waals surface area (Å²) in [5.74, 6) is -0.260. The van der Waals surface area contributed by atoms with Crippen molar-refractivity contribution < 1.29 is 9.18 Å². The van der Waals surface area contributed by atoms with Crippen LogP contribution in [0.4, 0.5) is 4.39 Å². The van der Waals surface area contributed by atoms with E-state index in [1.54, 1.807) is 12.1 Å². The number of fused-ring (bicyclic) bond motifs is 1. The number of ketones is 1. The monoisotopic (exact) mass is 283 g/mol. The van der Waals surface area contributed by atoms with Gasteiger partial charge in [0.1, 0.15) is 5.82 Å². The number of rotatable bonds is 3. The Bertz CT molecular complexity index is 636. The predicted molar refractivity (Wildman–Crippen MR) is 80.8 cm³/mol. The van der Waals surface area contributed by atoms with E-state index < -0.39 is 0 Å². The van der Waals surface area contributed by atoms with Gasteiger partial charge in [0.15, 0.2) is 5.78 Å². The number of hydrogen-bond acceptors (Lipinski definition) is 2. The van der Waals surface area contributed by atoms with Crippen LogP contribution in [-0.2, 0) is 13.0 Å². The molecule has 2 nitrogen and oxygen atoms in total. The molecule has 0 unspecified atom stereocenters.